The fraction of sp³-hybridized carbons (Fsp3) is 0.333. The fourth-order valence-electron chi connectivity index (χ4n) is 3.72. The summed E-state index contributed by atoms with van der Waals surface area (Å²) < 4.78 is 6.88. The second-order valence-corrected chi connectivity index (χ2v) is 7.04. The van der Waals surface area contributed by atoms with E-state index < -0.39 is 0 Å². The Kier molecular flexibility index (Phi) is 5.16. The van der Waals surface area contributed by atoms with Crippen molar-refractivity contribution in [3.63, 3.8) is 0 Å². The molecule has 1 unspecified atom stereocenters. The van der Waals surface area contributed by atoms with Crippen molar-refractivity contribution in [2.45, 2.75) is 25.8 Å². The van der Waals surface area contributed by atoms with Gasteiger partial charge in [0.2, 0.25) is 0 Å². The van der Waals surface area contributed by atoms with E-state index in [9.17, 15) is 9.59 Å². The number of aryl methyl sites for hydroxylation is 1. The van der Waals surface area contributed by atoms with Gasteiger partial charge in [-0.25, -0.2) is 4.98 Å². The zero-order valence-corrected chi connectivity index (χ0v) is 15.7. The van der Waals surface area contributed by atoms with Crippen LogP contribution in [0.15, 0.2) is 53.7 Å². The number of ether oxygens (including phenoxy) is 1. The molecule has 1 atom stereocenters. The number of carbonyl (C=O) groups is 1. The molecule has 3 aromatic heterocycles. The second-order valence-electron chi connectivity index (χ2n) is 7.04. The van der Waals surface area contributed by atoms with Crippen LogP contribution in [0.2, 0.25) is 0 Å². The van der Waals surface area contributed by atoms with Crippen LogP contribution >= 0.6 is 0 Å². The molecule has 1 fully saturated rings. The lowest BCUT2D eigenvalue weighted by Crippen LogP contribution is -2.36. The molecule has 0 bridgehead atoms. The molecule has 7 heteroatoms. The summed E-state index contributed by atoms with van der Waals surface area (Å²) in [4.78, 5) is 34.1. The van der Waals surface area contributed by atoms with Crippen molar-refractivity contribution in [3.8, 4) is 0 Å². The Balaban J connectivity index is 1.70. The molecule has 1 aliphatic rings. The van der Waals surface area contributed by atoms with Gasteiger partial charge in [0, 0.05) is 43.6 Å². The number of nitrogens with one attached hydrogen (secondary N) is 1. The molecule has 0 aliphatic carbocycles. The van der Waals surface area contributed by atoms with Crippen LogP contribution in [0.25, 0.3) is 5.65 Å². The minimum atomic E-state index is -0.254. The van der Waals surface area contributed by atoms with Crippen LogP contribution in [-0.4, -0.2) is 33.5 Å². The normalized spacial score (nSPS) is 16.0. The van der Waals surface area contributed by atoms with Crippen LogP contribution in [0.3, 0.4) is 0 Å². The molecule has 0 aromatic carbocycles. The summed E-state index contributed by atoms with van der Waals surface area (Å²) in [7, 11) is 0. The molecule has 144 valence electrons. The van der Waals surface area contributed by atoms with Crippen molar-refractivity contribution in [2.75, 3.05) is 13.2 Å². The van der Waals surface area contributed by atoms with Crippen molar-refractivity contribution in [2.24, 2.45) is 5.92 Å². The first-order valence-corrected chi connectivity index (χ1v) is 9.41. The van der Waals surface area contributed by atoms with Crippen LogP contribution in [0.1, 0.15) is 40.5 Å². The number of aromatic nitrogens is 3. The highest BCUT2D eigenvalue weighted by atomic mass is 16.5. The first-order valence-electron chi connectivity index (χ1n) is 9.41. The Morgan fingerprint density at radius 1 is 1.29 bits per heavy atom. The van der Waals surface area contributed by atoms with E-state index in [4.69, 9.17) is 4.74 Å². The number of hydrogen-bond donors (Lipinski definition) is 1. The molecular formula is C21H22N4O3. The predicted octanol–water partition coefficient (Wildman–Crippen LogP) is 2.30. The SMILES string of the molecule is Cc1cc(=O)n2cccc(C(=O)NC(c3cccnc3)C3CCOCC3)c2n1. The summed E-state index contributed by atoms with van der Waals surface area (Å²) in [6.45, 7) is 3.11. The number of nitrogens with zero attached hydrogens (tertiary/aromatic N) is 3. The van der Waals surface area contributed by atoms with Crippen LogP contribution in [0.4, 0.5) is 0 Å². The van der Waals surface area contributed by atoms with Crippen molar-refractivity contribution in [3.05, 3.63) is 76.1 Å². The maximum atomic E-state index is 13.2. The summed E-state index contributed by atoms with van der Waals surface area (Å²) >= 11 is 0. The van der Waals surface area contributed by atoms with E-state index in [1.165, 1.54) is 10.5 Å². The second kappa shape index (κ2) is 7.90. The molecule has 0 radical (unpaired) electrons. The first-order chi connectivity index (χ1) is 13.6. The van der Waals surface area contributed by atoms with Gasteiger partial charge in [-0.2, -0.15) is 0 Å². The van der Waals surface area contributed by atoms with E-state index in [-0.39, 0.29) is 23.4 Å². The summed E-state index contributed by atoms with van der Waals surface area (Å²) in [6, 6.07) is 8.51. The summed E-state index contributed by atoms with van der Waals surface area (Å²) in [5.74, 6) is 0.00485. The van der Waals surface area contributed by atoms with Crippen molar-refractivity contribution < 1.29 is 9.53 Å². The topological polar surface area (TPSA) is 85.6 Å². The lowest BCUT2D eigenvalue weighted by molar-refractivity contribution is 0.0514. The Hall–Kier alpha value is -3.06. The van der Waals surface area contributed by atoms with Crippen molar-refractivity contribution in [1.82, 2.24) is 19.7 Å². The third-order valence-corrected chi connectivity index (χ3v) is 5.13. The van der Waals surface area contributed by atoms with Gasteiger partial charge >= 0.3 is 0 Å². The highest BCUT2D eigenvalue weighted by molar-refractivity contribution is 6.00. The number of pyridine rings is 2. The molecular weight excluding hydrogens is 356 g/mol. The molecule has 0 spiro atoms. The van der Waals surface area contributed by atoms with Gasteiger partial charge in [0.25, 0.3) is 11.5 Å². The summed E-state index contributed by atoms with van der Waals surface area (Å²) in [5.41, 5.74) is 2.08. The lowest BCUT2D eigenvalue weighted by Gasteiger charge is -2.31. The molecule has 4 rings (SSSR count). The molecule has 28 heavy (non-hydrogen) atoms. The Labute approximate surface area is 162 Å². The van der Waals surface area contributed by atoms with E-state index in [1.807, 2.05) is 12.1 Å². The first kappa shape index (κ1) is 18.3. The minimum Gasteiger partial charge on any atom is -0.381 e. The molecule has 1 saturated heterocycles. The highest BCUT2D eigenvalue weighted by Crippen LogP contribution is 2.30. The van der Waals surface area contributed by atoms with E-state index in [2.05, 4.69) is 15.3 Å². The zero-order valence-electron chi connectivity index (χ0n) is 15.7. The van der Waals surface area contributed by atoms with E-state index in [0.717, 1.165) is 18.4 Å². The van der Waals surface area contributed by atoms with E-state index in [0.29, 0.717) is 30.1 Å². The standard InChI is InChI=1S/C21H22N4O3/c1-14-12-18(26)25-9-3-5-17(20(25)23-14)21(27)24-19(15-6-10-28-11-7-15)16-4-2-8-22-13-16/h2-5,8-9,12-13,15,19H,6-7,10-11H2,1H3,(H,24,27). The van der Waals surface area contributed by atoms with Gasteiger partial charge in [-0.05, 0) is 49.4 Å². The zero-order chi connectivity index (χ0) is 19.5. The third kappa shape index (κ3) is 3.66. The average Bonchev–Trinajstić information content (AvgIpc) is 2.72. The monoisotopic (exact) mass is 378 g/mol. The molecule has 7 nitrogen and oxygen atoms in total. The van der Waals surface area contributed by atoms with Gasteiger partial charge in [-0.1, -0.05) is 6.07 Å². The minimum absolute atomic E-state index is 0.179. The van der Waals surface area contributed by atoms with Gasteiger partial charge in [0.15, 0.2) is 5.65 Å². The highest BCUT2D eigenvalue weighted by Gasteiger charge is 2.28. The number of hydrogen-bond acceptors (Lipinski definition) is 5. The van der Waals surface area contributed by atoms with Gasteiger partial charge in [-0.15, -0.1) is 0 Å². The predicted molar refractivity (Wildman–Crippen MR) is 104 cm³/mol. The third-order valence-electron chi connectivity index (χ3n) is 5.13. The molecule has 4 heterocycles. The quantitative estimate of drug-likeness (QED) is 0.753. The maximum Gasteiger partial charge on any atom is 0.258 e. The van der Waals surface area contributed by atoms with Crippen molar-refractivity contribution >= 4 is 11.6 Å². The van der Waals surface area contributed by atoms with Crippen LogP contribution in [0.5, 0.6) is 0 Å². The number of carbonyl (C=O) groups excluding carboxylic acids is 1. The summed E-state index contributed by atoms with van der Waals surface area (Å²) in [6.07, 6.45) is 6.86. The number of fused-ring (bicyclic) bond motifs is 1. The average molecular weight is 378 g/mol. The number of amides is 1. The van der Waals surface area contributed by atoms with Gasteiger partial charge in [0.05, 0.1) is 11.6 Å². The smallest absolute Gasteiger partial charge is 0.258 e. The maximum absolute atomic E-state index is 13.2. The van der Waals surface area contributed by atoms with E-state index >= 15 is 0 Å². The largest absolute Gasteiger partial charge is 0.381 e. The Bertz CT molecular complexity index is 1040. The molecule has 1 amide bonds. The van der Waals surface area contributed by atoms with Gasteiger partial charge < -0.3 is 10.1 Å². The lowest BCUT2D eigenvalue weighted by atomic mass is 9.87. The fourth-order valence-corrected chi connectivity index (χ4v) is 3.72. The number of rotatable bonds is 4. The van der Waals surface area contributed by atoms with Gasteiger partial charge in [-0.3, -0.25) is 19.0 Å². The van der Waals surface area contributed by atoms with Crippen molar-refractivity contribution in [1.29, 1.82) is 0 Å². The van der Waals surface area contributed by atoms with Crippen LogP contribution in [0, 0.1) is 12.8 Å². The Morgan fingerprint density at radius 3 is 2.86 bits per heavy atom. The molecule has 3 aromatic rings. The van der Waals surface area contributed by atoms with Crippen LogP contribution in [-0.2, 0) is 4.74 Å². The molecule has 1 aliphatic heterocycles. The van der Waals surface area contributed by atoms with E-state index in [1.54, 1.807) is 37.6 Å². The van der Waals surface area contributed by atoms with Gasteiger partial charge in [0.1, 0.15) is 0 Å². The van der Waals surface area contributed by atoms with Crippen LogP contribution < -0.4 is 10.9 Å². The Morgan fingerprint density at radius 2 is 2.11 bits per heavy atom. The molecule has 0 saturated carbocycles. The summed E-state index contributed by atoms with van der Waals surface area (Å²) in [5, 5.41) is 3.16. The molecule has 1 N–H and O–H groups in total.